The highest BCUT2D eigenvalue weighted by molar-refractivity contribution is 5.81. The highest BCUT2D eigenvalue weighted by atomic mass is 16.2. The fourth-order valence-electron chi connectivity index (χ4n) is 2.40. The molecule has 0 aromatic carbocycles. The minimum atomic E-state index is -0.153. The van der Waals surface area contributed by atoms with Gasteiger partial charge in [0.15, 0.2) is 0 Å². The van der Waals surface area contributed by atoms with E-state index in [1.54, 1.807) is 4.90 Å². The minimum absolute atomic E-state index is 0.153. The molecule has 0 aromatic rings. The topological polar surface area (TPSA) is 20.3 Å². The Morgan fingerprint density at radius 1 is 1.23 bits per heavy atom. The number of carbonyl (C=O) groups excluding carboxylic acids is 1. The van der Waals surface area contributed by atoms with Crippen molar-refractivity contribution >= 4 is 5.91 Å². The van der Waals surface area contributed by atoms with Crippen molar-refractivity contribution in [3.63, 3.8) is 0 Å². The number of hydrogen-bond acceptors (Lipinski definition) is 1. The summed E-state index contributed by atoms with van der Waals surface area (Å²) in [6.45, 7) is 4.18. The molecule has 0 heterocycles. The van der Waals surface area contributed by atoms with E-state index in [9.17, 15) is 4.79 Å². The average molecular weight is 183 g/mol. The summed E-state index contributed by atoms with van der Waals surface area (Å²) in [7, 11) is 3.69. The van der Waals surface area contributed by atoms with Gasteiger partial charge in [-0.3, -0.25) is 4.79 Å². The van der Waals surface area contributed by atoms with Gasteiger partial charge in [0.2, 0.25) is 5.91 Å². The molecular weight excluding hydrogens is 162 g/mol. The summed E-state index contributed by atoms with van der Waals surface area (Å²) in [6, 6.07) is 0. The zero-order valence-corrected chi connectivity index (χ0v) is 9.26. The maximum absolute atomic E-state index is 11.9. The van der Waals surface area contributed by atoms with E-state index in [4.69, 9.17) is 0 Å². The van der Waals surface area contributed by atoms with E-state index in [1.807, 2.05) is 14.1 Å². The van der Waals surface area contributed by atoms with Crippen LogP contribution in [0.2, 0.25) is 0 Å². The molecule has 0 atom stereocenters. The lowest BCUT2D eigenvalue weighted by Crippen LogP contribution is -2.40. The predicted octanol–water partition coefficient (Wildman–Crippen LogP) is 2.29. The summed E-state index contributed by atoms with van der Waals surface area (Å²) in [5, 5.41) is 0. The average Bonchev–Trinajstić information content (AvgIpc) is 2.54. The van der Waals surface area contributed by atoms with Gasteiger partial charge in [-0.2, -0.15) is 0 Å². The Morgan fingerprint density at radius 2 is 1.69 bits per heavy atom. The van der Waals surface area contributed by atoms with Gasteiger partial charge in [0, 0.05) is 19.5 Å². The smallest absolute Gasteiger partial charge is 0.227 e. The first-order valence-corrected chi connectivity index (χ1v) is 5.18. The Kier molecular flexibility index (Phi) is 2.99. The lowest BCUT2D eigenvalue weighted by atomic mass is 9.77. The molecule has 1 aliphatic carbocycles. The van der Waals surface area contributed by atoms with Crippen LogP contribution in [0, 0.1) is 11.3 Å². The number of rotatable bonds is 2. The SMILES string of the molecule is CN(C)C(=O)C(C)(C)C1CCCC1. The lowest BCUT2D eigenvalue weighted by Gasteiger charge is -2.32. The van der Waals surface area contributed by atoms with E-state index in [1.165, 1.54) is 25.7 Å². The molecule has 1 aliphatic rings. The van der Waals surface area contributed by atoms with Crippen molar-refractivity contribution in [1.82, 2.24) is 4.90 Å². The van der Waals surface area contributed by atoms with Gasteiger partial charge in [-0.1, -0.05) is 26.7 Å². The first-order chi connectivity index (χ1) is 5.96. The summed E-state index contributed by atoms with van der Waals surface area (Å²) < 4.78 is 0. The first-order valence-electron chi connectivity index (χ1n) is 5.18. The number of amides is 1. The largest absolute Gasteiger partial charge is 0.348 e. The molecule has 2 nitrogen and oxygen atoms in total. The number of hydrogen-bond donors (Lipinski definition) is 0. The molecule has 0 aliphatic heterocycles. The third-order valence-corrected chi connectivity index (χ3v) is 3.33. The van der Waals surface area contributed by atoms with Crippen molar-refractivity contribution in [1.29, 1.82) is 0 Å². The van der Waals surface area contributed by atoms with Crippen molar-refractivity contribution < 1.29 is 4.79 Å². The molecule has 0 aromatic heterocycles. The molecule has 0 bridgehead atoms. The standard InChI is InChI=1S/C11H21NO/c1-11(2,10(13)12(3)4)9-7-5-6-8-9/h9H,5-8H2,1-4H3. The quantitative estimate of drug-likeness (QED) is 0.643. The minimum Gasteiger partial charge on any atom is -0.348 e. The van der Waals surface area contributed by atoms with Crippen LogP contribution in [0.1, 0.15) is 39.5 Å². The van der Waals surface area contributed by atoms with Crippen LogP contribution in [0.25, 0.3) is 0 Å². The molecule has 1 amide bonds. The van der Waals surface area contributed by atoms with Crippen molar-refractivity contribution in [2.45, 2.75) is 39.5 Å². The molecule has 76 valence electrons. The van der Waals surface area contributed by atoms with Crippen molar-refractivity contribution in [2.24, 2.45) is 11.3 Å². The molecule has 2 heteroatoms. The maximum Gasteiger partial charge on any atom is 0.227 e. The van der Waals surface area contributed by atoms with E-state index >= 15 is 0 Å². The molecule has 0 saturated heterocycles. The molecule has 13 heavy (non-hydrogen) atoms. The molecule has 1 rings (SSSR count). The van der Waals surface area contributed by atoms with Gasteiger partial charge < -0.3 is 4.90 Å². The summed E-state index contributed by atoms with van der Waals surface area (Å²) >= 11 is 0. The van der Waals surface area contributed by atoms with Crippen LogP contribution >= 0.6 is 0 Å². The van der Waals surface area contributed by atoms with Gasteiger partial charge in [0.1, 0.15) is 0 Å². The second kappa shape index (κ2) is 3.69. The second-order valence-electron chi connectivity index (χ2n) is 4.90. The third kappa shape index (κ3) is 2.04. The summed E-state index contributed by atoms with van der Waals surface area (Å²) in [6.07, 6.45) is 5.06. The van der Waals surface area contributed by atoms with Crippen LogP contribution < -0.4 is 0 Å². The highest BCUT2D eigenvalue weighted by Gasteiger charge is 2.38. The van der Waals surface area contributed by atoms with Crippen LogP contribution in [0.3, 0.4) is 0 Å². The first kappa shape index (κ1) is 10.6. The van der Waals surface area contributed by atoms with Gasteiger partial charge >= 0.3 is 0 Å². The maximum atomic E-state index is 11.9. The van der Waals surface area contributed by atoms with Gasteiger partial charge in [-0.05, 0) is 18.8 Å². The van der Waals surface area contributed by atoms with Crippen molar-refractivity contribution in [3.8, 4) is 0 Å². The van der Waals surface area contributed by atoms with E-state index in [2.05, 4.69) is 13.8 Å². The molecular formula is C11H21NO. The fourth-order valence-corrected chi connectivity index (χ4v) is 2.40. The Labute approximate surface area is 81.3 Å². The summed E-state index contributed by atoms with van der Waals surface area (Å²) in [5.41, 5.74) is -0.153. The van der Waals surface area contributed by atoms with E-state index in [0.29, 0.717) is 5.92 Å². The normalized spacial score (nSPS) is 19.1. The monoisotopic (exact) mass is 183 g/mol. The fraction of sp³-hybridized carbons (Fsp3) is 0.909. The Hall–Kier alpha value is -0.530. The second-order valence-corrected chi connectivity index (χ2v) is 4.90. The highest BCUT2D eigenvalue weighted by Crippen LogP contribution is 2.40. The Bertz CT molecular complexity index is 190. The van der Waals surface area contributed by atoms with Crippen molar-refractivity contribution in [2.75, 3.05) is 14.1 Å². The summed E-state index contributed by atoms with van der Waals surface area (Å²) in [5.74, 6) is 0.877. The predicted molar refractivity (Wildman–Crippen MR) is 54.4 cm³/mol. The lowest BCUT2D eigenvalue weighted by molar-refractivity contribution is -0.140. The van der Waals surface area contributed by atoms with Gasteiger partial charge in [0.25, 0.3) is 0 Å². The third-order valence-electron chi connectivity index (χ3n) is 3.33. The van der Waals surface area contributed by atoms with Crippen LogP contribution in [-0.4, -0.2) is 24.9 Å². The molecule has 0 spiro atoms. The van der Waals surface area contributed by atoms with Crippen molar-refractivity contribution in [3.05, 3.63) is 0 Å². The molecule has 1 fully saturated rings. The van der Waals surface area contributed by atoms with Crippen LogP contribution in [0.5, 0.6) is 0 Å². The summed E-state index contributed by atoms with van der Waals surface area (Å²) in [4.78, 5) is 13.6. The zero-order chi connectivity index (χ0) is 10.1. The molecule has 1 saturated carbocycles. The van der Waals surface area contributed by atoms with Gasteiger partial charge in [0.05, 0.1) is 0 Å². The van der Waals surface area contributed by atoms with Gasteiger partial charge in [-0.25, -0.2) is 0 Å². The molecule has 0 unspecified atom stereocenters. The molecule has 0 radical (unpaired) electrons. The zero-order valence-electron chi connectivity index (χ0n) is 9.26. The van der Waals surface area contributed by atoms with E-state index in [0.717, 1.165) is 0 Å². The Morgan fingerprint density at radius 3 is 2.08 bits per heavy atom. The van der Waals surface area contributed by atoms with E-state index < -0.39 is 0 Å². The number of nitrogens with zero attached hydrogens (tertiary/aromatic N) is 1. The van der Waals surface area contributed by atoms with Crippen LogP contribution in [-0.2, 0) is 4.79 Å². The Balaban J connectivity index is 2.68. The molecule has 0 N–H and O–H groups in total. The van der Waals surface area contributed by atoms with Crippen LogP contribution in [0.4, 0.5) is 0 Å². The van der Waals surface area contributed by atoms with E-state index in [-0.39, 0.29) is 11.3 Å². The van der Waals surface area contributed by atoms with Gasteiger partial charge in [-0.15, -0.1) is 0 Å². The number of carbonyl (C=O) groups is 1. The van der Waals surface area contributed by atoms with Crippen LogP contribution in [0.15, 0.2) is 0 Å².